The van der Waals surface area contributed by atoms with Gasteiger partial charge in [0.15, 0.2) is 11.6 Å². The van der Waals surface area contributed by atoms with E-state index < -0.39 is 11.6 Å². The van der Waals surface area contributed by atoms with Gasteiger partial charge in [-0.05, 0) is 59.0 Å². The molecular weight excluding hydrogens is 522 g/mol. The van der Waals surface area contributed by atoms with Crippen molar-refractivity contribution in [1.82, 2.24) is 5.32 Å². The molecule has 0 aromatic heterocycles. The van der Waals surface area contributed by atoms with Gasteiger partial charge in [0, 0.05) is 42.2 Å². The van der Waals surface area contributed by atoms with Crippen molar-refractivity contribution >= 4 is 17.5 Å². The molecule has 0 aliphatic carbocycles. The first-order valence-corrected chi connectivity index (χ1v) is 13.6. The second kappa shape index (κ2) is 13.7. The van der Waals surface area contributed by atoms with Crippen molar-refractivity contribution < 1.29 is 24.1 Å². The Balaban J connectivity index is 1.84. The van der Waals surface area contributed by atoms with E-state index in [1.807, 2.05) is 62.4 Å². The summed E-state index contributed by atoms with van der Waals surface area (Å²) < 4.78 is 17.7. The van der Waals surface area contributed by atoms with Gasteiger partial charge >= 0.3 is 0 Å². The Labute approximate surface area is 239 Å². The second-order valence-electron chi connectivity index (χ2n) is 10.2. The number of carbonyl (C=O) groups excluding carboxylic acids is 1. The SMILES string of the molecule is COc1cccc([C@H]2OC(c3ccc(OCCCO)cc3)=N[C@@]2(Cc2ccccc2N=[N+]=[N-])C(=O)NCC(C)C)c1. The molecule has 0 saturated heterocycles. The molecule has 0 unspecified atom stereocenters. The number of aliphatic imine (C=N–C) groups is 1. The molecule has 41 heavy (non-hydrogen) atoms. The number of ether oxygens (including phenoxy) is 3. The Morgan fingerprint density at radius 2 is 1.93 bits per heavy atom. The summed E-state index contributed by atoms with van der Waals surface area (Å²) in [5.41, 5.74) is 10.2. The minimum Gasteiger partial charge on any atom is -0.497 e. The number of hydrogen-bond acceptors (Lipinski definition) is 7. The molecule has 214 valence electrons. The number of aliphatic hydroxyl groups is 1. The number of nitrogens with zero attached hydrogens (tertiary/aromatic N) is 4. The first kappa shape index (κ1) is 29.5. The molecule has 10 nitrogen and oxygen atoms in total. The van der Waals surface area contributed by atoms with Crippen LogP contribution in [-0.2, 0) is 16.0 Å². The topological polar surface area (TPSA) is 138 Å². The summed E-state index contributed by atoms with van der Waals surface area (Å²) in [5.74, 6) is 1.49. The first-order valence-electron chi connectivity index (χ1n) is 13.6. The summed E-state index contributed by atoms with van der Waals surface area (Å²) >= 11 is 0. The number of azide groups is 1. The lowest BCUT2D eigenvalue weighted by atomic mass is 9.81. The van der Waals surface area contributed by atoms with Crippen LogP contribution in [0, 0.1) is 5.92 Å². The van der Waals surface area contributed by atoms with Gasteiger partial charge in [-0.15, -0.1) is 0 Å². The van der Waals surface area contributed by atoms with E-state index in [9.17, 15) is 10.3 Å². The van der Waals surface area contributed by atoms with Gasteiger partial charge in [-0.25, -0.2) is 4.99 Å². The van der Waals surface area contributed by atoms with Crippen LogP contribution in [0.3, 0.4) is 0 Å². The molecule has 3 aromatic carbocycles. The van der Waals surface area contributed by atoms with Gasteiger partial charge in [-0.2, -0.15) is 0 Å². The van der Waals surface area contributed by atoms with Crippen LogP contribution in [0.4, 0.5) is 5.69 Å². The van der Waals surface area contributed by atoms with Crippen molar-refractivity contribution in [2.24, 2.45) is 16.0 Å². The zero-order valence-corrected chi connectivity index (χ0v) is 23.5. The first-order chi connectivity index (χ1) is 19.9. The van der Waals surface area contributed by atoms with E-state index >= 15 is 0 Å². The monoisotopic (exact) mass is 557 g/mol. The molecule has 4 rings (SSSR count). The fourth-order valence-corrected chi connectivity index (χ4v) is 4.63. The van der Waals surface area contributed by atoms with Gasteiger partial charge in [-0.1, -0.05) is 55.4 Å². The van der Waals surface area contributed by atoms with E-state index in [-0.39, 0.29) is 24.9 Å². The van der Waals surface area contributed by atoms with Crippen LogP contribution >= 0.6 is 0 Å². The zero-order valence-electron chi connectivity index (χ0n) is 23.5. The number of nitrogens with one attached hydrogen (secondary N) is 1. The fourth-order valence-electron chi connectivity index (χ4n) is 4.63. The molecular formula is C31H35N5O5. The Morgan fingerprint density at radius 3 is 2.63 bits per heavy atom. The molecule has 0 bridgehead atoms. The Hall–Kier alpha value is -4.53. The van der Waals surface area contributed by atoms with Crippen LogP contribution in [0.5, 0.6) is 11.5 Å². The minimum atomic E-state index is -1.42. The molecule has 0 fully saturated rings. The molecule has 3 aromatic rings. The molecule has 0 saturated carbocycles. The van der Waals surface area contributed by atoms with Crippen molar-refractivity contribution in [2.75, 3.05) is 26.9 Å². The van der Waals surface area contributed by atoms with Crippen molar-refractivity contribution in [2.45, 2.75) is 38.3 Å². The lowest BCUT2D eigenvalue weighted by molar-refractivity contribution is -0.129. The standard InChI is InChI=1S/C31H35N5O5/c1-21(2)20-33-30(38)31(19-24-8-4-5-11-27(24)35-36-32)28(23-9-6-10-26(18-23)39-3)41-29(34-31)22-12-14-25(15-13-22)40-17-7-16-37/h4-6,8-15,18,21,28,37H,7,16-17,19-20H2,1-3H3,(H,33,38)/t28-,31-/m1/s1. The normalized spacial score (nSPS) is 17.8. The molecule has 1 aliphatic rings. The second-order valence-corrected chi connectivity index (χ2v) is 10.2. The summed E-state index contributed by atoms with van der Waals surface area (Å²) in [6.45, 7) is 4.95. The molecule has 1 aliphatic heterocycles. The lowest BCUT2D eigenvalue weighted by Crippen LogP contribution is -2.50. The van der Waals surface area contributed by atoms with Crippen LogP contribution < -0.4 is 14.8 Å². The molecule has 0 spiro atoms. The third kappa shape index (κ3) is 6.98. The summed E-state index contributed by atoms with van der Waals surface area (Å²) in [5, 5.41) is 16.0. The van der Waals surface area contributed by atoms with Gasteiger partial charge in [0.2, 0.25) is 5.90 Å². The van der Waals surface area contributed by atoms with E-state index in [0.29, 0.717) is 59.3 Å². The Morgan fingerprint density at radius 1 is 1.15 bits per heavy atom. The fraction of sp³-hybridized carbons (Fsp3) is 0.355. The molecule has 1 heterocycles. The molecule has 10 heteroatoms. The number of hydrogen-bond donors (Lipinski definition) is 2. The highest BCUT2D eigenvalue weighted by atomic mass is 16.5. The van der Waals surface area contributed by atoms with E-state index in [1.165, 1.54) is 0 Å². The highest BCUT2D eigenvalue weighted by molar-refractivity contribution is 6.01. The maximum atomic E-state index is 14.2. The number of benzene rings is 3. The Bertz CT molecular complexity index is 1420. The highest BCUT2D eigenvalue weighted by Crippen LogP contribution is 2.44. The number of carbonyl (C=O) groups is 1. The van der Waals surface area contributed by atoms with E-state index in [4.69, 9.17) is 24.3 Å². The van der Waals surface area contributed by atoms with Crippen molar-refractivity contribution in [3.8, 4) is 11.5 Å². The van der Waals surface area contributed by atoms with Crippen LogP contribution in [0.25, 0.3) is 10.4 Å². The number of methoxy groups -OCH3 is 1. The number of amides is 1. The average molecular weight is 558 g/mol. The Kier molecular flexibility index (Phi) is 9.84. The maximum Gasteiger partial charge on any atom is 0.252 e. The largest absolute Gasteiger partial charge is 0.497 e. The lowest BCUT2D eigenvalue weighted by Gasteiger charge is -2.31. The van der Waals surface area contributed by atoms with Gasteiger partial charge < -0.3 is 24.6 Å². The van der Waals surface area contributed by atoms with E-state index in [0.717, 1.165) is 0 Å². The summed E-state index contributed by atoms with van der Waals surface area (Å²) in [4.78, 5) is 22.2. The van der Waals surface area contributed by atoms with Crippen molar-refractivity contribution in [3.63, 3.8) is 0 Å². The van der Waals surface area contributed by atoms with Gasteiger partial charge in [0.25, 0.3) is 5.91 Å². The van der Waals surface area contributed by atoms with Crippen molar-refractivity contribution in [3.05, 3.63) is 99.9 Å². The summed E-state index contributed by atoms with van der Waals surface area (Å²) in [6, 6.07) is 21.8. The molecule has 2 atom stereocenters. The van der Waals surface area contributed by atoms with Crippen molar-refractivity contribution in [1.29, 1.82) is 0 Å². The van der Waals surface area contributed by atoms with Gasteiger partial charge in [0.1, 0.15) is 11.5 Å². The smallest absolute Gasteiger partial charge is 0.252 e. The summed E-state index contributed by atoms with van der Waals surface area (Å²) in [7, 11) is 1.58. The van der Waals surface area contributed by atoms with E-state index in [1.54, 1.807) is 31.4 Å². The zero-order chi connectivity index (χ0) is 29.2. The summed E-state index contributed by atoms with van der Waals surface area (Å²) in [6.07, 6.45) is -0.148. The minimum absolute atomic E-state index is 0.0537. The quantitative estimate of drug-likeness (QED) is 0.121. The average Bonchev–Trinajstić information content (AvgIpc) is 3.38. The van der Waals surface area contributed by atoms with Crippen LogP contribution in [0.15, 0.2) is 82.9 Å². The van der Waals surface area contributed by atoms with Gasteiger partial charge in [0.05, 0.1) is 13.7 Å². The predicted octanol–water partition coefficient (Wildman–Crippen LogP) is 5.67. The number of aliphatic hydroxyl groups excluding tert-OH is 1. The number of rotatable bonds is 13. The molecule has 1 amide bonds. The highest BCUT2D eigenvalue weighted by Gasteiger charge is 2.53. The van der Waals surface area contributed by atoms with Gasteiger partial charge in [-0.3, -0.25) is 4.79 Å². The van der Waals surface area contributed by atoms with Crippen LogP contribution in [0.1, 0.15) is 43.1 Å². The maximum absolute atomic E-state index is 14.2. The third-order valence-electron chi connectivity index (χ3n) is 6.70. The van der Waals surface area contributed by atoms with Crippen LogP contribution in [0.2, 0.25) is 0 Å². The predicted molar refractivity (Wildman–Crippen MR) is 157 cm³/mol. The van der Waals surface area contributed by atoms with E-state index in [2.05, 4.69) is 15.3 Å². The molecule has 0 radical (unpaired) electrons. The molecule has 2 N–H and O–H groups in total. The van der Waals surface area contributed by atoms with Crippen LogP contribution in [-0.4, -0.2) is 49.3 Å². The third-order valence-corrected chi connectivity index (χ3v) is 6.70.